The number of nitrogens with zero attached hydrogens (tertiary/aromatic N) is 3. The number of pyridine rings is 1. The van der Waals surface area contributed by atoms with E-state index in [1.807, 2.05) is 24.3 Å². The first kappa shape index (κ1) is 18.2. The fraction of sp³-hybridized carbons (Fsp3) is 0.350. The molecule has 1 aliphatic rings. The van der Waals surface area contributed by atoms with E-state index in [0.717, 1.165) is 36.2 Å². The summed E-state index contributed by atoms with van der Waals surface area (Å²) in [6, 6.07) is 11.5. The van der Waals surface area contributed by atoms with Gasteiger partial charge in [-0.05, 0) is 38.1 Å². The fourth-order valence-corrected chi connectivity index (χ4v) is 3.59. The van der Waals surface area contributed by atoms with Crippen molar-refractivity contribution in [3.63, 3.8) is 0 Å². The van der Waals surface area contributed by atoms with Gasteiger partial charge >= 0.3 is 6.03 Å². The summed E-state index contributed by atoms with van der Waals surface area (Å²) >= 11 is 0. The topological polar surface area (TPSA) is 95.2 Å². The third-order valence-electron chi connectivity index (χ3n) is 5.13. The molecule has 3 N–H and O–H groups in total. The number of carbonyl (C=O) groups is 1. The van der Waals surface area contributed by atoms with Gasteiger partial charge in [0.1, 0.15) is 5.82 Å². The van der Waals surface area contributed by atoms with Crippen LogP contribution < -0.4 is 15.4 Å². The van der Waals surface area contributed by atoms with Crippen LogP contribution in [0.3, 0.4) is 0 Å². The summed E-state index contributed by atoms with van der Waals surface area (Å²) in [5.41, 5.74) is 2.62. The lowest BCUT2D eigenvalue weighted by atomic mass is 9.97. The smallest absolute Gasteiger partial charge is 0.319 e. The first-order chi connectivity index (χ1) is 13.6. The Morgan fingerprint density at radius 1 is 1.29 bits per heavy atom. The van der Waals surface area contributed by atoms with Gasteiger partial charge in [-0.15, -0.1) is 0 Å². The highest BCUT2D eigenvalue weighted by molar-refractivity contribution is 5.89. The lowest BCUT2D eigenvalue weighted by molar-refractivity contribution is 0.153. The molecule has 2 unspecified atom stereocenters. The van der Waals surface area contributed by atoms with Gasteiger partial charge in [-0.3, -0.25) is 4.90 Å². The maximum atomic E-state index is 12.4. The number of H-pyrrole nitrogens is 1. The largest absolute Gasteiger partial charge is 0.481 e. The van der Waals surface area contributed by atoms with Crippen molar-refractivity contribution in [3.8, 4) is 5.88 Å². The number of likely N-dealkylation sites (tertiary alicyclic amines) is 1. The summed E-state index contributed by atoms with van der Waals surface area (Å²) in [5, 5.41) is 5.90. The molecule has 2 aromatic heterocycles. The van der Waals surface area contributed by atoms with Gasteiger partial charge in [-0.25, -0.2) is 14.8 Å². The number of urea groups is 1. The van der Waals surface area contributed by atoms with E-state index in [4.69, 9.17) is 9.72 Å². The van der Waals surface area contributed by atoms with E-state index in [0.29, 0.717) is 11.6 Å². The summed E-state index contributed by atoms with van der Waals surface area (Å²) in [4.78, 5) is 26.9. The van der Waals surface area contributed by atoms with Gasteiger partial charge in [0.25, 0.3) is 0 Å². The van der Waals surface area contributed by atoms with Crippen molar-refractivity contribution in [2.45, 2.75) is 24.9 Å². The second-order valence-corrected chi connectivity index (χ2v) is 7.04. The Bertz CT molecular complexity index is 922. The number of methoxy groups -OCH3 is 1. The molecule has 0 saturated carbocycles. The Kier molecular flexibility index (Phi) is 5.12. The highest BCUT2D eigenvalue weighted by Gasteiger charge is 2.30. The van der Waals surface area contributed by atoms with E-state index in [-0.39, 0.29) is 18.1 Å². The predicted molar refractivity (Wildman–Crippen MR) is 107 cm³/mol. The number of hydrogen-bond acceptors (Lipinski definition) is 5. The molecule has 0 aliphatic carbocycles. The minimum absolute atomic E-state index is 0.0700. The summed E-state index contributed by atoms with van der Waals surface area (Å²) in [6.45, 7) is 0.886. The van der Waals surface area contributed by atoms with Gasteiger partial charge in [0, 0.05) is 18.7 Å². The minimum Gasteiger partial charge on any atom is -0.481 e. The Morgan fingerprint density at radius 2 is 2.14 bits per heavy atom. The second-order valence-electron chi connectivity index (χ2n) is 7.04. The quantitative estimate of drug-likeness (QED) is 0.647. The molecule has 0 radical (unpaired) electrons. The standard InChI is InChI=1S/C20H24N6O2/c1-26-10-9-13(22-20(27)23-14-7-8-18(28-2)21-12-14)11-17(26)19-24-15-5-3-4-6-16(15)25-19/h3-8,12-13,17H,9-11H2,1-2H3,(H,24,25)(H2,22,23,27). The molecular weight excluding hydrogens is 356 g/mol. The van der Waals surface area contributed by atoms with Crippen molar-refractivity contribution in [1.29, 1.82) is 0 Å². The number of piperidine rings is 1. The fourth-order valence-electron chi connectivity index (χ4n) is 3.59. The summed E-state index contributed by atoms with van der Waals surface area (Å²) in [7, 11) is 3.65. The number of para-hydroxylation sites is 2. The van der Waals surface area contributed by atoms with Crippen LogP contribution in [0.15, 0.2) is 42.6 Å². The molecule has 8 nitrogen and oxygen atoms in total. The van der Waals surface area contributed by atoms with Crippen LogP contribution in [0.1, 0.15) is 24.7 Å². The first-order valence-corrected chi connectivity index (χ1v) is 9.35. The normalized spacial score (nSPS) is 20.1. The number of fused-ring (bicyclic) bond motifs is 1. The lowest BCUT2D eigenvalue weighted by Gasteiger charge is -2.36. The van der Waals surface area contributed by atoms with Gasteiger partial charge in [0.05, 0.1) is 36.1 Å². The molecule has 1 aliphatic heterocycles. The predicted octanol–water partition coefficient (Wildman–Crippen LogP) is 2.92. The third-order valence-corrected chi connectivity index (χ3v) is 5.13. The highest BCUT2D eigenvalue weighted by atomic mass is 16.5. The molecule has 146 valence electrons. The van der Waals surface area contributed by atoms with Crippen LogP contribution in [-0.4, -0.2) is 52.6 Å². The van der Waals surface area contributed by atoms with E-state index in [9.17, 15) is 4.79 Å². The molecule has 4 rings (SSSR count). The zero-order valence-electron chi connectivity index (χ0n) is 16.0. The number of anilines is 1. The van der Waals surface area contributed by atoms with Crippen LogP contribution in [0.25, 0.3) is 11.0 Å². The van der Waals surface area contributed by atoms with E-state index < -0.39 is 0 Å². The van der Waals surface area contributed by atoms with Crippen molar-refractivity contribution >= 4 is 22.8 Å². The number of nitrogens with one attached hydrogen (secondary N) is 3. The van der Waals surface area contributed by atoms with Gasteiger partial charge in [-0.1, -0.05) is 12.1 Å². The number of hydrogen-bond donors (Lipinski definition) is 3. The molecule has 0 bridgehead atoms. The van der Waals surface area contributed by atoms with Gasteiger partial charge in [-0.2, -0.15) is 0 Å². The monoisotopic (exact) mass is 380 g/mol. The number of rotatable bonds is 4. The average molecular weight is 380 g/mol. The zero-order chi connectivity index (χ0) is 19.5. The molecule has 3 heterocycles. The average Bonchev–Trinajstić information content (AvgIpc) is 3.14. The molecule has 2 atom stereocenters. The van der Waals surface area contributed by atoms with Crippen LogP contribution in [-0.2, 0) is 0 Å². The van der Waals surface area contributed by atoms with Crippen LogP contribution in [0, 0.1) is 0 Å². The van der Waals surface area contributed by atoms with Gasteiger partial charge in [0.2, 0.25) is 5.88 Å². The Labute approximate surface area is 163 Å². The number of aromatic amines is 1. The molecule has 28 heavy (non-hydrogen) atoms. The SMILES string of the molecule is COc1ccc(NC(=O)NC2CCN(C)C(c3nc4ccccc4[nH]3)C2)cn1. The van der Waals surface area contributed by atoms with Crippen LogP contribution in [0.2, 0.25) is 0 Å². The van der Waals surface area contributed by atoms with E-state index >= 15 is 0 Å². The van der Waals surface area contributed by atoms with Crippen LogP contribution in [0.4, 0.5) is 10.5 Å². The molecular formula is C20H24N6O2. The van der Waals surface area contributed by atoms with Crippen molar-refractivity contribution in [2.24, 2.45) is 0 Å². The van der Waals surface area contributed by atoms with E-state index in [1.165, 1.54) is 0 Å². The van der Waals surface area contributed by atoms with Crippen LogP contribution in [0.5, 0.6) is 5.88 Å². The van der Waals surface area contributed by atoms with Crippen molar-refractivity contribution in [1.82, 2.24) is 25.2 Å². The number of benzene rings is 1. The first-order valence-electron chi connectivity index (χ1n) is 9.35. The molecule has 0 spiro atoms. The van der Waals surface area contributed by atoms with Crippen molar-refractivity contribution in [2.75, 3.05) is 26.0 Å². The molecule has 1 saturated heterocycles. The third kappa shape index (κ3) is 3.91. The van der Waals surface area contributed by atoms with Gasteiger partial charge < -0.3 is 20.4 Å². The van der Waals surface area contributed by atoms with Crippen LogP contribution >= 0.6 is 0 Å². The van der Waals surface area contributed by atoms with Gasteiger partial charge in [0.15, 0.2) is 0 Å². The number of ether oxygens (including phenoxy) is 1. The zero-order valence-corrected chi connectivity index (χ0v) is 16.0. The summed E-state index contributed by atoms with van der Waals surface area (Å²) in [6.07, 6.45) is 3.26. The Balaban J connectivity index is 1.40. The molecule has 1 aromatic carbocycles. The lowest BCUT2D eigenvalue weighted by Crippen LogP contribution is -2.46. The Hall–Kier alpha value is -3.13. The molecule has 3 aromatic rings. The second kappa shape index (κ2) is 7.85. The minimum atomic E-state index is -0.232. The summed E-state index contributed by atoms with van der Waals surface area (Å²) in [5.74, 6) is 1.45. The highest BCUT2D eigenvalue weighted by Crippen LogP contribution is 2.29. The van der Waals surface area contributed by atoms with E-state index in [1.54, 1.807) is 25.4 Å². The maximum Gasteiger partial charge on any atom is 0.319 e. The number of carbonyl (C=O) groups excluding carboxylic acids is 1. The molecule has 2 amide bonds. The number of aromatic nitrogens is 3. The van der Waals surface area contributed by atoms with Crippen molar-refractivity contribution in [3.05, 3.63) is 48.4 Å². The summed E-state index contributed by atoms with van der Waals surface area (Å²) < 4.78 is 5.03. The maximum absolute atomic E-state index is 12.4. The van der Waals surface area contributed by atoms with Crippen molar-refractivity contribution < 1.29 is 9.53 Å². The number of amides is 2. The molecule has 8 heteroatoms. The molecule has 1 fully saturated rings. The number of imidazole rings is 1. The van der Waals surface area contributed by atoms with E-state index in [2.05, 4.69) is 32.5 Å². The Morgan fingerprint density at radius 3 is 2.89 bits per heavy atom.